The van der Waals surface area contributed by atoms with Gasteiger partial charge in [-0.2, -0.15) is 0 Å². The molecular weight excluding hydrogens is 659 g/mol. The minimum Gasteiger partial charge on any atom is -0.340 e. The number of unbranched alkanes of at least 4 members (excludes halogenated alkanes) is 18. The van der Waals surface area contributed by atoms with Gasteiger partial charge < -0.3 is 5.32 Å². The van der Waals surface area contributed by atoms with Gasteiger partial charge in [0, 0.05) is 24.2 Å². The van der Waals surface area contributed by atoms with Crippen molar-refractivity contribution >= 4 is 11.7 Å². The SMILES string of the molecule is CC#CC#CC#CC#CC#CC#CC#CC#CC#CC#CC(=O)NCC[N+]1(C)CC(C)N=C1CCCCCCCCCCCCCCCCCCCCC. The molecule has 0 bridgehead atoms. The molecule has 1 rings (SSSR count). The zero-order chi connectivity index (χ0) is 39.1. The van der Waals surface area contributed by atoms with Gasteiger partial charge in [0.15, 0.2) is 5.84 Å². The fourth-order valence-electron chi connectivity index (χ4n) is 6.15. The van der Waals surface area contributed by atoms with Gasteiger partial charge in [-0.05, 0) is 115 Å². The molecule has 0 aliphatic carbocycles. The van der Waals surface area contributed by atoms with Gasteiger partial charge in [0.1, 0.15) is 19.1 Å². The number of hydrogen-bond acceptors (Lipinski definition) is 2. The van der Waals surface area contributed by atoms with Crippen molar-refractivity contribution in [3.05, 3.63) is 0 Å². The van der Waals surface area contributed by atoms with Crippen LogP contribution in [0.5, 0.6) is 0 Å². The molecule has 4 heteroatoms. The van der Waals surface area contributed by atoms with Crippen LogP contribution in [0, 0.1) is 118 Å². The highest BCUT2D eigenvalue weighted by Crippen LogP contribution is 2.21. The number of amides is 1. The number of hydrogen-bond donors (Lipinski definition) is 1. The largest absolute Gasteiger partial charge is 0.340 e. The van der Waals surface area contributed by atoms with E-state index in [1.807, 2.05) is 0 Å². The van der Waals surface area contributed by atoms with Crippen LogP contribution in [0.15, 0.2) is 4.99 Å². The van der Waals surface area contributed by atoms with Gasteiger partial charge in [-0.15, -0.1) is 0 Å². The van der Waals surface area contributed by atoms with Crippen molar-refractivity contribution in [3.8, 4) is 118 Å². The fourth-order valence-corrected chi connectivity index (χ4v) is 6.15. The van der Waals surface area contributed by atoms with Gasteiger partial charge in [0.05, 0.1) is 13.6 Å². The second kappa shape index (κ2) is 34.8. The van der Waals surface area contributed by atoms with Gasteiger partial charge in [-0.1, -0.05) is 128 Å². The molecule has 54 heavy (non-hydrogen) atoms. The lowest BCUT2D eigenvalue weighted by atomic mass is 10.0. The molecule has 1 aliphatic heterocycles. The van der Waals surface area contributed by atoms with Crippen molar-refractivity contribution < 1.29 is 9.28 Å². The lowest BCUT2D eigenvalue weighted by Gasteiger charge is -2.30. The number of amidine groups is 1. The summed E-state index contributed by atoms with van der Waals surface area (Å²) in [5, 5.41) is 2.90. The lowest BCUT2D eigenvalue weighted by molar-refractivity contribution is -0.815. The van der Waals surface area contributed by atoms with Crippen molar-refractivity contribution in [1.82, 2.24) is 5.32 Å². The first kappa shape index (κ1) is 46.7. The van der Waals surface area contributed by atoms with Gasteiger partial charge in [-0.3, -0.25) is 9.28 Å². The van der Waals surface area contributed by atoms with E-state index in [1.165, 1.54) is 128 Å². The van der Waals surface area contributed by atoms with Crippen LogP contribution in [0.25, 0.3) is 0 Å². The molecule has 2 unspecified atom stereocenters. The molecule has 280 valence electrons. The number of likely N-dealkylation sites (N-methyl/N-ethyl adjacent to an activating group) is 1. The molecule has 1 heterocycles. The zero-order valence-corrected chi connectivity index (χ0v) is 33.6. The van der Waals surface area contributed by atoms with Crippen molar-refractivity contribution in [1.29, 1.82) is 0 Å². The quantitative estimate of drug-likeness (QED) is 0.0646. The molecule has 0 fully saturated rings. The van der Waals surface area contributed by atoms with E-state index in [-0.39, 0.29) is 5.91 Å². The summed E-state index contributed by atoms with van der Waals surface area (Å²) in [5.74, 6) is 51.9. The Morgan fingerprint density at radius 2 is 0.926 bits per heavy atom. The monoisotopic (exact) mass is 718 g/mol. The molecule has 0 aromatic rings. The maximum atomic E-state index is 12.2. The first-order chi connectivity index (χ1) is 26.5. The minimum absolute atomic E-state index is 0.311. The Morgan fingerprint density at radius 3 is 1.31 bits per heavy atom. The molecule has 4 nitrogen and oxygen atoms in total. The molecule has 0 aromatic heterocycles. The summed E-state index contributed by atoms with van der Waals surface area (Å²) in [4.78, 5) is 17.2. The third-order valence-electron chi connectivity index (χ3n) is 8.92. The van der Waals surface area contributed by atoms with Crippen LogP contribution in [0.3, 0.4) is 0 Å². The van der Waals surface area contributed by atoms with Crippen molar-refractivity contribution in [2.75, 3.05) is 26.7 Å². The van der Waals surface area contributed by atoms with Crippen molar-refractivity contribution in [3.63, 3.8) is 0 Å². The Morgan fingerprint density at radius 1 is 0.574 bits per heavy atom. The Balaban J connectivity index is 2.18. The van der Waals surface area contributed by atoms with Gasteiger partial charge >= 0.3 is 0 Å². The fraction of sp³-hybridized carbons (Fsp3) is 0.560. The molecule has 0 aromatic carbocycles. The second-order valence-corrected chi connectivity index (χ2v) is 13.7. The number of nitrogens with zero attached hydrogens (tertiary/aromatic N) is 2. The van der Waals surface area contributed by atoms with Gasteiger partial charge in [-0.25, -0.2) is 4.99 Å². The van der Waals surface area contributed by atoms with Crippen LogP contribution in [-0.2, 0) is 4.79 Å². The molecule has 2 atom stereocenters. The Labute approximate surface area is 330 Å². The van der Waals surface area contributed by atoms with Crippen LogP contribution < -0.4 is 5.32 Å². The number of nitrogens with one attached hydrogen (secondary N) is 1. The Hall–Kier alpha value is -5.30. The number of carbonyl (C=O) groups excluding carboxylic acids is 1. The summed E-state index contributed by atoms with van der Waals surface area (Å²) in [5.41, 5.74) is 0. The van der Waals surface area contributed by atoms with E-state index < -0.39 is 0 Å². The zero-order valence-electron chi connectivity index (χ0n) is 33.6. The van der Waals surface area contributed by atoms with Crippen molar-refractivity contribution in [2.24, 2.45) is 4.99 Å². The lowest BCUT2D eigenvalue weighted by Crippen LogP contribution is -2.51. The molecule has 1 amide bonds. The smallest absolute Gasteiger partial charge is 0.297 e. The van der Waals surface area contributed by atoms with Crippen molar-refractivity contribution in [2.45, 2.75) is 155 Å². The van der Waals surface area contributed by atoms with E-state index in [2.05, 4.69) is 145 Å². The van der Waals surface area contributed by atoms with E-state index in [0.717, 1.165) is 24.0 Å². The molecule has 0 saturated heterocycles. The molecule has 0 saturated carbocycles. The maximum absolute atomic E-state index is 12.2. The first-order valence-corrected chi connectivity index (χ1v) is 20.1. The molecule has 1 aliphatic rings. The average Bonchev–Trinajstić information content (AvgIpc) is 3.45. The molecule has 0 radical (unpaired) electrons. The summed E-state index contributed by atoms with van der Waals surface area (Å²) in [7, 11) is 2.23. The van der Waals surface area contributed by atoms with Crippen LogP contribution >= 0.6 is 0 Å². The predicted molar refractivity (Wildman–Crippen MR) is 227 cm³/mol. The normalized spacial score (nSPS) is 14.1. The third-order valence-corrected chi connectivity index (χ3v) is 8.92. The number of rotatable bonds is 23. The number of carbonyl (C=O) groups is 1. The van der Waals surface area contributed by atoms with E-state index in [4.69, 9.17) is 4.99 Å². The Bertz CT molecular complexity index is 1820. The summed E-state index contributed by atoms with van der Waals surface area (Å²) >= 11 is 0. The Kier molecular flexibility index (Phi) is 30.1. The predicted octanol–water partition coefficient (Wildman–Crippen LogP) is 8.23. The van der Waals surface area contributed by atoms with Gasteiger partial charge in [0.25, 0.3) is 5.91 Å². The first-order valence-electron chi connectivity index (χ1n) is 20.1. The highest BCUT2D eigenvalue weighted by Gasteiger charge is 2.36. The van der Waals surface area contributed by atoms with E-state index >= 15 is 0 Å². The van der Waals surface area contributed by atoms with Crippen LogP contribution in [-0.4, -0.2) is 48.9 Å². The maximum Gasteiger partial charge on any atom is 0.297 e. The molecule has 1 N–H and O–H groups in total. The second-order valence-electron chi connectivity index (χ2n) is 13.7. The standard InChI is InChI=1S/C50H59N3O/c1-5-7-9-11-13-15-17-19-21-23-25-27-29-31-33-35-37-39-41-43-49-52-48(3)47-53(49,4)46-45-51-50(54)44-42-40-38-36-34-32-30-28-26-24-22-20-18-16-14-12-10-8-6-2/h48H,5,7,9,11,13,15,17,19,21,23,25,27,29,31,33,35,37,39,41,43,45-47H2,1-4H3/p+1. The van der Waals surface area contributed by atoms with E-state index in [9.17, 15) is 4.79 Å². The van der Waals surface area contributed by atoms with Crippen LogP contribution in [0.1, 0.15) is 149 Å². The summed E-state index contributed by atoms with van der Waals surface area (Å²) < 4.78 is 0.788. The summed E-state index contributed by atoms with van der Waals surface area (Å²) in [6, 6.07) is 0.311. The summed E-state index contributed by atoms with van der Waals surface area (Å²) in [6.45, 7) is 8.48. The van der Waals surface area contributed by atoms with Gasteiger partial charge in [0.2, 0.25) is 0 Å². The molecule has 0 spiro atoms. The average molecular weight is 719 g/mol. The topological polar surface area (TPSA) is 41.5 Å². The van der Waals surface area contributed by atoms with E-state index in [1.54, 1.807) is 6.92 Å². The number of aliphatic imine (C=N–C) groups is 1. The van der Waals surface area contributed by atoms with Crippen LogP contribution in [0.2, 0.25) is 0 Å². The highest BCUT2D eigenvalue weighted by molar-refractivity contribution is 5.94. The minimum atomic E-state index is -0.350. The summed E-state index contributed by atoms with van der Waals surface area (Å²) in [6.07, 6.45) is 27.4. The van der Waals surface area contributed by atoms with Crippen LogP contribution in [0.4, 0.5) is 0 Å². The highest BCUT2D eigenvalue weighted by atomic mass is 16.1. The number of quaternary nitrogens is 1. The third kappa shape index (κ3) is 28.3. The molecular formula is C50H60N3O+. The van der Waals surface area contributed by atoms with E-state index in [0.29, 0.717) is 12.6 Å².